The van der Waals surface area contributed by atoms with Crippen LogP contribution in [0.15, 0.2) is 18.2 Å². The highest BCUT2D eigenvalue weighted by Gasteiger charge is 2.43. The first-order chi connectivity index (χ1) is 8.66. The van der Waals surface area contributed by atoms with Crippen LogP contribution in [0.4, 0.5) is 22.0 Å². The minimum atomic E-state index is -4.30. The molecule has 0 aliphatic carbocycles. The molecule has 0 amide bonds. The van der Waals surface area contributed by atoms with Gasteiger partial charge >= 0.3 is 12.5 Å². The van der Waals surface area contributed by atoms with E-state index in [-0.39, 0.29) is 23.5 Å². The van der Waals surface area contributed by atoms with Crippen molar-refractivity contribution in [2.75, 3.05) is 0 Å². The number of halogens is 5. The van der Waals surface area contributed by atoms with Crippen molar-refractivity contribution >= 4 is 0 Å². The minimum absolute atomic E-state index is 0.170. The minimum Gasteiger partial charge on any atom is -0.395 e. The molecule has 1 heterocycles. The summed E-state index contributed by atoms with van der Waals surface area (Å²) in [4.78, 5) is 0. The Morgan fingerprint density at radius 3 is 2.42 bits per heavy atom. The molecule has 106 valence electrons. The quantitative estimate of drug-likeness (QED) is 0.865. The van der Waals surface area contributed by atoms with Crippen LogP contribution in [0.1, 0.15) is 24.4 Å². The van der Waals surface area contributed by atoms with Gasteiger partial charge in [-0.15, -0.1) is 8.78 Å². The van der Waals surface area contributed by atoms with Gasteiger partial charge in [0.1, 0.15) is 0 Å². The van der Waals surface area contributed by atoms with Crippen LogP contribution in [0.5, 0.6) is 11.5 Å². The third-order valence-electron chi connectivity index (χ3n) is 2.59. The molecule has 0 aromatic heterocycles. The summed E-state index contributed by atoms with van der Waals surface area (Å²) in [5, 5.41) is 0. The molecule has 2 N–H and O–H groups in total. The second-order valence-electron chi connectivity index (χ2n) is 4.13. The van der Waals surface area contributed by atoms with Crippen molar-refractivity contribution < 1.29 is 31.4 Å². The Labute approximate surface area is 105 Å². The van der Waals surface area contributed by atoms with E-state index in [0.717, 1.165) is 6.07 Å². The molecule has 1 atom stereocenters. The van der Waals surface area contributed by atoms with Crippen molar-refractivity contribution in [2.45, 2.75) is 31.4 Å². The maximum Gasteiger partial charge on any atom is 0.586 e. The summed E-state index contributed by atoms with van der Waals surface area (Å²) < 4.78 is 70.0. The van der Waals surface area contributed by atoms with Gasteiger partial charge in [0.15, 0.2) is 11.5 Å². The highest BCUT2D eigenvalue weighted by Crippen LogP contribution is 2.42. The Hall–Kier alpha value is -1.57. The molecule has 2 rings (SSSR count). The molecule has 1 aromatic carbocycles. The molecule has 1 aliphatic heterocycles. The number of hydrogen-bond acceptors (Lipinski definition) is 3. The molecule has 0 saturated carbocycles. The van der Waals surface area contributed by atoms with Crippen molar-refractivity contribution in [1.82, 2.24) is 0 Å². The highest BCUT2D eigenvalue weighted by atomic mass is 19.4. The van der Waals surface area contributed by atoms with Crippen molar-refractivity contribution in [3.8, 4) is 11.5 Å². The molecule has 0 bridgehead atoms. The van der Waals surface area contributed by atoms with Crippen LogP contribution in [0, 0.1) is 0 Å². The molecule has 0 saturated heterocycles. The number of fused-ring (bicyclic) bond motifs is 1. The molecular weight excluding hydrogens is 273 g/mol. The Morgan fingerprint density at radius 2 is 1.79 bits per heavy atom. The first-order valence-electron chi connectivity index (χ1n) is 5.38. The monoisotopic (exact) mass is 283 g/mol. The van der Waals surface area contributed by atoms with E-state index in [1.807, 2.05) is 0 Å². The molecule has 0 spiro atoms. The Bertz CT molecular complexity index is 475. The van der Waals surface area contributed by atoms with Gasteiger partial charge < -0.3 is 15.2 Å². The van der Waals surface area contributed by atoms with E-state index >= 15 is 0 Å². The molecule has 0 unspecified atom stereocenters. The molecule has 19 heavy (non-hydrogen) atoms. The van der Waals surface area contributed by atoms with E-state index in [4.69, 9.17) is 5.73 Å². The highest BCUT2D eigenvalue weighted by molar-refractivity contribution is 5.45. The predicted octanol–water partition coefficient (Wildman–Crippen LogP) is 3.35. The molecule has 0 fully saturated rings. The Morgan fingerprint density at radius 1 is 1.16 bits per heavy atom. The lowest BCUT2D eigenvalue weighted by Gasteiger charge is -2.13. The third kappa shape index (κ3) is 3.46. The SMILES string of the molecule is N[C@@H](CCC(F)(F)F)c1ccc2c(c1)OC(F)(F)O2. The standard InChI is InChI=1S/C11H10F5NO2/c12-10(13,14)4-3-7(17)6-1-2-8-9(5-6)19-11(15,16)18-8/h1-2,5,7H,3-4,17H2/t7-/m0/s1. The lowest BCUT2D eigenvalue weighted by atomic mass is 10.0. The van der Waals surface area contributed by atoms with E-state index < -0.39 is 24.9 Å². The Balaban J connectivity index is 2.07. The summed E-state index contributed by atoms with van der Waals surface area (Å²) >= 11 is 0. The van der Waals surface area contributed by atoms with Crippen molar-refractivity contribution in [1.29, 1.82) is 0 Å². The van der Waals surface area contributed by atoms with Crippen molar-refractivity contribution in [3.05, 3.63) is 23.8 Å². The second kappa shape index (κ2) is 4.52. The van der Waals surface area contributed by atoms with Gasteiger partial charge in [0.2, 0.25) is 0 Å². The molecular formula is C11H10F5NO2. The molecule has 8 heteroatoms. The zero-order valence-electron chi connectivity index (χ0n) is 9.51. The van der Waals surface area contributed by atoms with Crippen LogP contribution in [-0.4, -0.2) is 12.5 Å². The van der Waals surface area contributed by atoms with Crippen LogP contribution in [0.25, 0.3) is 0 Å². The van der Waals surface area contributed by atoms with Gasteiger partial charge in [-0.3, -0.25) is 0 Å². The zero-order chi connectivity index (χ0) is 14.3. The van der Waals surface area contributed by atoms with Crippen LogP contribution < -0.4 is 15.2 Å². The zero-order valence-corrected chi connectivity index (χ0v) is 9.51. The first kappa shape index (κ1) is 13.9. The topological polar surface area (TPSA) is 44.5 Å². The summed E-state index contributed by atoms with van der Waals surface area (Å²) in [6.07, 6.45) is -9.43. The van der Waals surface area contributed by atoms with E-state index in [9.17, 15) is 22.0 Å². The summed E-state index contributed by atoms with van der Waals surface area (Å²) in [6.45, 7) is 0. The number of ether oxygens (including phenoxy) is 2. The van der Waals surface area contributed by atoms with Gasteiger partial charge in [0.25, 0.3) is 0 Å². The van der Waals surface area contributed by atoms with Crippen LogP contribution in [0.2, 0.25) is 0 Å². The fourth-order valence-electron chi connectivity index (χ4n) is 1.68. The summed E-state index contributed by atoms with van der Waals surface area (Å²) in [7, 11) is 0. The van der Waals surface area contributed by atoms with Crippen molar-refractivity contribution in [3.63, 3.8) is 0 Å². The summed E-state index contributed by atoms with van der Waals surface area (Å²) in [5.41, 5.74) is 5.86. The summed E-state index contributed by atoms with van der Waals surface area (Å²) in [5.74, 6) is -0.401. The molecule has 1 aliphatic rings. The normalized spacial score (nSPS) is 18.4. The molecule has 0 radical (unpaired) electrons. The average molecular weight is 283 g/mol. The second-order valence-corrected chi connectivity index (χ2v) is 4.13. The summed E-state index contributed by atoms with van der Waals surface area (Å²) in [6, 6.07) is 2.78. The third-order valence-corrected chi connectivity index (χ3v) is 2.59. The largest absolute Gasteiger partial charge is 0.586 e. The molecule has 1 aromatic rings. The number of benzene rings is 1. The van der Waals surface area contributed by atoms with Crippen LogP contribution in [0.3, 0.4) is 0 Å². The number of rotatable bonds is 3. The van der Waals surface area contributed by atoms with Crippen LogP contribution >= 0.6 is 0 Å². The molecule has 3 nitrogen and oxygen atoms in total. The van der Waals surface area contributed by atoms with E-state index in [1.165, 1.54) is 12.1 Å². The van der Waals surface area contributed by atoms with E-state index in [2.05, 4.69) is 9.47 Å². The van der Waals surface area contributed by atoms with Gasteiger partial charge in [-0.1, -0.05) is 6.07 Å². The van der Waals surface area contributed by atoms with Gasteiger partial charge in [-0.05, 0) is 24.1 Å². The predicted molar refractivity (Wildman–Crippen MR) is 54.9 cm³/mol. The maximum absolute atomic E-state index is 12.7. The average Bonchev–Trinajstić information content (AvgIpc) is 2.57. The van der Waals surface area contributed by atoms with E-state index in [0.29, 0.717) is 0 Å². The maximum atomic E-state index is 12.7. The van der Waals surface area contributed by atoms with Gasteiger partial charge in [-0.2, -0.15) is 13.2 Å². The number of hydrogen-bond donors (Lipinski definition) is 1. The number of nitrogens with two attached hydrogens (primary N) is 1. The fourth-order valence-corrected chi connectivity index (χ4v) is 1.68. The van der Waals surface area contributed by atoms with E-state index in [1.54, 1.807) is 0 Å². The number of alkyl halides is 5. The van der Waals surface area contributed by atoms with Gasteiger partial charge in [0, 0.05) is 12.5 Å². The van der Waals surface area contributed by atoms with Gasteiger partial charge in [0.05, 0.1) is 0 Å². The lowest BCUT2D eigenvalue weighted by molar-refractivity contribution is -0.286. The Kier molecular flexibility index (Phi) is 3.29. The van der Waals surface area contributed by atoms with Gasteiger partial charge in [-0.25, -0.2) is 0 Å². The van der Waals surface area contributed by atoms with Crippen LogP contribution in [-0.2, 0) is 0 Å². The fraction of sp³-hybridized carbons (Fsp3) is 0.455. The first-order valence-corrected chi connectivity index (χ1v) is 5.38. The lowest BCUT2D eigenvalue weighted by Crippen LogP contribution is -2.25. The van der Waals surface area contributed by atoms with Crippen molar-refractivity contribution in [2.24, 2.45) is 5.73 Å². The smallest absolute Gasteiger partial charge is 0.395 e.